The van der Waals surface area contributed by atoms with Gasteiger partial charge in [-0.05, 0) is 30.2 Å². The molecule has 4 rings (SSSR count). The molecule has 0 aliphatic carbocycles. The predicted octanol–water partition coefficient (Wildman–Crippen LogP) is 2.05. The van der Waals surface area contributed by atoms with Crippen LogP contribution in [0.5, 0.6) is 11.5 Å². The van der Waals surface area contributed by atoms with Gasteiger partial charge in [-0.25, -0.2) is 0 Å². The van der Waals surface area contributed by atoms with Crippen LogP contribution < -0.4 is 9.47 Å². The minimum Gasteiger partial charge on any atom is -0.486 e. The maximum absolute atomic E-state index is 12.6. The lowest BCUT2D eigenvalue weighted by atomic mass is 10.1. The van der Waals surface area contributed by atoms with E-state index in [9.17, 15) is 4.79 Å². The molecule has 0 atom stereocenters. The van der Waals surface area contributed by atoms with Gasteiger partial charge < -0.3 is 19.4 Å². The molecule has 132 valence electrons. The molecule has 2 aromatic rings. The summed E-state index contributed by atoms with van der Waals surface area (Å²) in [4.78, 5) is 19.9. The average molecular weight is 341 g/mol. The van der Waals surface area contributed by atoms with Crippen LogP contribution in [0.15, 0.2) is 30.6 Å². The number of nitrogens with zero attached hydrogens (tertiary/aromatic N) is 2. The summed E-state index contributed by atoms with van der Waals surface area (Å²) in [6, 6.07) is 6.14. The number of aryl methyl sites for hydroxylation is 1. The number of fused-ring (bicyclic) bond motifs is 1. The monoisotopic (exact) mass is 341 g/mol. The van der Waals surface area contributed by atoms with E-state index in [1.54, 1.807) is 6.20 Å². The zero-order chi connectivity index (χ0) is 17.2. The van der Waals surface area contributed by atoms with Crippen LogP contribution in [0.3, 0.4) is 0 Å². The molecule has 1 N–H and O–H groups in total. The Hall–Kier alpha value is -2.47. The Balaban J connectivity index is 1.35. The van der Waals surface area contributed by atoms with Crippen molar-refractivity contribution in [2.45, 2.75) is 13.5 Å². The van der Waals surface area contributed by atoms with Gasteiger partial charge in [0.2, 0.25) is 0 Å². The van der Waals surface area contributed by atoms with Crippen molar-refractivity contribution in [1.82, 2.24) is 14.8 Å². The third-order valence-electron chi connectivity index (χ3n) is 4.86. The Morgan fingerprint density at radius 3 is 2.56 bits per heavy atom. The fourth-order valence-electron chi connectivity index (χ4n) is 3.40. The van der Waals surface area contributed by atoms with Crippen molar-refractivity contribution < 1.29 is 14.3 Å². The molecule has 1 saturated heterocycles. The molecule has 0 unspecified atom stereocenters. The molecule has 6 heteroatoms. The van der Waals surface area contributed by atoms with Crippen LogP contribution in [0.25, 0.3) is 0 Å². The SMILES string of the molecule is Cc1c[nH]cc1C(=O)N1CCN(Cc2ccc3c(c2)OCCO3)CC1. The smallest absolute Gasteiger partial charge is 0.255 e. The number of piperazine rings is 1. The third kappa shape index (κ3) is 3.35. The minimum atomic E-state index is 0.123. The first kappa shape index (κ1) is 16.0. The van der Waals surface area contributed by atoms with Gasteiger partial charge in [0, 0.05) is 45.1 Å². The molecule has 3 heterocycles. The molecule has 1 fully saturated rings. The molecular formula is C19H23N3O3. The number of carbonyl (C=O) groups excluding carboxylic acids is 1. The minimum absolute atomic E-state index is 0.123. The van der Waals surface area contributed by atoms with Crippen molar-refractivity contribution in [3.05, 3.63) is 47.3 Å². The number of carbonyl (C=O) groups is 1. The summed E-state index contributed by atoms with van der Waals surface area (Å²) >= 11 is 0. The maximum Gasteiger partial charge on any atom is 0.255 e. The Morgan fingerprint density at radius 1 is 1.08 bits per heavy atom. The lowest BCUT2D eigenvalue weighted by molar-refractivity contribution is 0.0628. The van der Waals surface area contributed by atoms with E-state index < -0.39 is 0 Å². The van der Waals surface area contributed by atoms with Crippen LogP contribution in [0.2, 0.25) is 0 Å². The molecule has 1 aromatic carbocycles. The van der Waals surface area contributed by atoms with Gasteiger partial charge in [-0.3, -0.25) is 9.69 Å². The summed E-state index contributed by atoms with van der Waals surface area (Å²) in [5.41, 5.74) is 2.99. The summed E-state index contributed by atoms with van der Waals surface area (Å²) in [7, 11) is 0. The predicted molar refractivity (Wildman–Crippen MR) is 94.1 cm³/mol. The largest absolute Gasteiger partial charge is 0.486 e. The van der Waals surface area contributed by atoms with Crippen LogP contribution in [0, 0.1) is 6.92 Å². The van der Waals surface area contributed by atoms with Gasteiger partial charge in [-0.15, -0.1) is 0 Å². The summed E-state index contributed by atoms with van der Waals surface area (Å²) < 4.78 is 11.2. The molecule has 0 saturated carbocycles. The molecule has 6 nitrogen and oxygen atoms in total. The molecule has 1 aromatic heterocycles. The Morgan fingerprint density at radius 2 is 1.84 bits per heavy atom. The standard InChI is InChI=1S/C19H23N3O3/c1-14-11-20-12-16(14)19(23)22-6-4-21(5-7-22)13-15-2-3-17-18(10-15)25-9-8-24-17/h2-3,10-12,20H,4-9,13H2,1H3. The zero-order valence-electron chi connectivity index (χ0n) is 14.5. The molecule has 2 aliphatic heterocycles. The second-order valence-corrected chi connectivity index (χ2v) is 6.60. The Kier molecular flexibility index (Phi) is 4.36. The van der Waals surface area contributed by atoms with Crippen molar-refractivity contribution >= 4 is 5.91 Å². The highest BCUT2D eigenvalue weighted by molar-refractivity contribution is 5.95. The van der Waals surface area contributed by atoms with Gasteiger partial charge in [-0.1, -0.05) is 6.07 Å². The first-order chi connectivity index (χ1) is 12.2. The molecule has 25 heavy (non-hydrogen) atoms. The first-order valence-corrected chi connectivity index (χ1v) is 8.74. The molecule has 1 amide bonds. The second kappa shape index (κ2) is 6.80. The normalized spacial score (nSPS) is 17.6. The van der Waals surface area contributed by atoms with Crippen LogP contribution in [-0.4, -0.2) is 60.1 Å². The van der Waals surface area contributed by atoms with Crippen LogP contribution >= 0.6 is 0 Å². The number of rotatable bonds is 3. The van der Waals surface area contributed by atoms with Crippen molar-refractivity contribution in [2.24, 2.45) is 0 Å². The van der Waals surface area contributed by atoms with Crippen LogP contribution in [0.1, 0.15) is 21.5 Å². The number of hydrogen-bond donors (Lipinski definition) is 1. The van der Waals surface area contributed by atoms with Gasteiger partial charge in [-0.2, -0.15) is 0 Å². The molecule has 0 bridgehead atoms. The second-order valence-electron chi connectivity index (χ2n) is 6.60. The van der Waals surface area contributed by atoms with E-state index in [0.29, 0.717) is 13.2 Å². The van der Waals surface area contributed by atoms with E-state index in [1.165, 1.54) is 5.56 Å². The van der Waals surface area contributed by atoms with E-state index in [0.717, 1.165) is 55.3 Å². The van der Waals surface area contributed by atoms with Crippen molar-refractivity contribution in [3.8, 4) is 11.5 Å². The molecule has 0 radical (unpaired) electrons. The Labute approximate surface area is 147 Å². The van der Waals surface area contributed by atoms with Crippen LogP contribution in [0.4, 0.5) is 0 Å². The maximum atomic E-state index is 12.6. The number of hydrogen-bond acceptors (Lipinski definition) is 4. The average Bonchev–Trinajstić information content (AvgIpc) is 3.08. The van der Waals surface area contributed by atoms with E-state index in [1.807, 2.05) is 24.1 Å². The number of H-pyrrole nitrogens is 1. The van der Waals surface area contributed by atoms with Crippen molar-refractivity contribution in [3.63, 3.8) is 0 Å². The third-order valence-corrected chi connectivity index (χ3v) is 4.86. The van der Waals surface area contributed by atoms with E-state index in [-0.39, 0.29) is 5.91 Å². The van der Waals surface area contributed by atoms with Gasteiger partial charge in [0.05, 0.1) is 5.56 Å². The van der Waals surface area contributed by atoms with Gasteiger partial charge >= 0.3 is 0 Å². The quantitative estimate of drug-likeness (QED) is 0.928. The molecule has 0 spiro atoms. The van der Waals surface area contributed by atoms with E-state index in [2.05, 4.69) is 22.0 Å². The number of aromatic amines is 1. The van der Waals surface area contributed by atoms with Gasteiger partial charge in [0.1, 0.15) is 13.2 Å². The number of ether oxygens (including phenoxy) is 2. The highest BCUT2D eigenvalue weighted by Crippen LogP contribution is 2.31. The fraction of sp³-hybridized carbons (Fsp3) is 0.421. The zero-order valence-corrected chi connectivity index (χ0v) is 14.5. The van der Waals surface area contributed by atoms with E-state index >= 15 is 0 Å². The van der Waals surface area contributed by atoms with E-state index in [4.69, 9.17) is 9.47 Å². The fourth-order valence-corrected chi connectivity index (χ4v) is 3.40. The van der Waals surface area contributed by atoms with Gasteiger partial charge in [0.25, 0.3) is 5.91 Å². The number of aromatic nitrogens is 1. The summed E-state index contributed by atoms with van der Waals surface area (Å²) in [6.07, 6.45) is 3.66. The molecular weight excluding hydrogens is 318 g/mol. The van der Waals surface area contributed by atoms with Crippen molar-refractivity contribution in [1.29, 1.82) is 0 Å². The highest BCUT2D eigenvalue weighted by atomic mass is 16.6. The summed E-state index contributed by atoms with van der Waals surface area (Å²) in [6.45, 7) is 7.32. The Bertz CT molecular complexity index is 763. The first-order valence-electron chi connectivity index (χ1n) is 8.74. The summed E-state index contributed by atoms with van der Waals surface area (Å²) in [5.74, 6) is 1.78. The number of benzene rings is 1. The van der Waals surface area contributed by atoms with Gasteiger partial charge in [0.15, 0.2) is 11.5 Å². The van der Waals surface area contributed by atoms with Crippen molar-refractivity contribution in [2.75, 3.05) is 39.4 Å². The highest BCUT2D eigenvalue weighted by Gasteiger charge is 2.23. The number of amides is 1. The molecule has 2 aliphatic rings. The van der Waals surface area contributed by atoms with Crippen LogP contribution in [-0.2, 0) is 6.54 Å². The summed E-state index contributed by atoms with van der Waals surface area (Å²) in [5, 5.41) is 0. The topological polar surface area (TPSA) is 57.8 Å². The number of nitrogens with one attached hydrogen (secondary N) is 1. The lowest BCUT2D eigenvalue weighted by Gasteiger charge is -2.35. The lowest BCUT2D eigenvalue weighted by Crippen LogP contribution is -2.48.